The summed E-state index contributed by atoms with van der Waals surface area (Å²) in [4.78, 5) is 7.08. The van der Waals surface area contributed by atoms with Crippen molar-refractivity contribution in [2.75, 3.05) is 18.4 Å². The molecule has 0 radical (unpaired) electrons. The Labute approximate surface area is 131 Å². The Morgan fingerprint density at radius 1 is 1.19 bits per heavy atom. The summed E-state index contributed by atoms with van der Waals surface area (Å²) in [6, 6.07) is 9.30. The standard InChI is InChI=1S/C17H23N3S/c1-13-3-5-15(6-4-13)19-16-7-9-20(10-8-16)11-17-12-21-14(2)18-17/h3-6,12,16,19H,7-11H2,1-2H3. The zero-order chi connectivity index (χ0) is 14.7. The van der Waals surface area contributed by atoms with E-state index >= 15 is 0 Å². The van der Waals surface area contributed by atoms with Crippen LogP contribution in [0.2, 0.25) is 0 Å². The summed E-state index contributed by atoms with van der Waals surface area (Å²) in [6.07, 6.45) is 2.41. The van der Waals surface area contributed by atoms with Gasteiger partial charge in [0.05, 0.1) is 10.7 Å². The van der Waals surface area contributed by atoms with Gasteiger partial charge in [-0.15, -0.1) is 11.3 Å². The lowest BCUT2D eigenvalue weighted by Gasteiger charge is -2.32. The summed E-state index contributed by atoms with van der Waals surface area (Å²) in [5.74, 6) is 0. The van der Waals surface area contributed by atoms with Crippen LogP contribution in [0.15, 0.2) is 29.6 Å². The van der Waals surface area contributed by atoms with E-state index in [9.17, 15) is 0 Å². The van der Waals surface area contributed by atoms with E-state index in [0.717, 1.165) is 19.6 Å². The van der Waals surface area contributed by atoms with Crippen molar-refractivity contribution in [3.8, 4) is 0 Å². The predicted molar refractivity (Wildman–Crippen MR) is 90.0 cm³/mol. The van der Waals surface area contributed by atoms with Gasteiger partial charge in [0.25, 0.3) is 0 Å². The van der Waals surface area contributed by atoms with Gasteiger partial charge in [0, 0.05) is 36.7 Å². The van der Waals surface area contributed by atoms with Crippen molar-refractivity contribution in [2.45, 2.75) is 39.3 Å². The highest BCUT2D eigenvalue weighted by Gasteiger charge is 2.19. The highest BCUT2D eigenvalue weighted by atomic mass is 32.1. The van der Waals surface area contributed by atoms with E-state index < -0.39 is 0 Å². The van der Waals surface area contributed by atoms with Gasteiger partial charge in [0.15, 0.2) is 0 Å². The van der Waals surface area contributed by atoms with Crippen molar-refractivity contribution in [1.29, 1.82) is 0 Å². The molecular formula is C17H23N3S. The number of anilines is 1. The normalized spacial score (nSPS) is 17.0. The van der Waals surface area contributed by atoms with E-state index in [0.29, 0.717) is 6.04 Å². The average molecular weight is 301 g/mol. The smallest absolute Gasteiger partial charge is 0.0897 e. The minimum absolute atomic E-state index is 0.598. The molecular weight excluding hydrogens is 278 g/mol. The van der Waals surface area contributed by atoms with Gasteiger partial charge in [-0.1, -0.05) is 17.7 Å². The molecule has 2 heterocycles. The average Bonchev–Trinajstić information content (AvgIpc) is 2.89. The number of hydrogen-bond donors (Lipinski definition) is 1. The van der Waals surface area contributed by atoms with Gasteiger partial charge in [-0.3, -0.25) is 4.90 Å². The van der Waals surface area contributed by atoms with Gasteiger partial charge in [-0.2, -0.15) is 0 Å². The lowest BCUT2D eigenvalue weighted by Crippen LogP contribution is -2.38. The first kappa shape index (κ1) is 14.5. The molecule has 1 aliphatic heterocycles. The molecule has 0 spiro atoms. The highest BCUT2D eigenvalue weighted by Crippen LogP contribution is 2.19. The summed E-state index contributed by atoms with van der Waals surface area (Å²) < 4.78 is 0. The minimum atomic E-state index is 0.598. The number of nitrogens with one attached hydrogen (secondary N) is 1. The number of hydrogen-bond acceptors (Lipinski definition) is 4. The van der Waals surface area contributed by atoms with Crippen LogP contribution in [0.3, 0.4) is 0 Å². The fourth-order valence-electron chi connectivity index (χ4n) is 2.83. The lowest BCUT2D eigenvalue weighted by atomic mass is 10.0. The molecule has 3 nitrogen and oxygen atoms in total. The third kappa shape index (κ3) is 4.05. The molecule has 0 bridgehead atoms. The first-order valence-electron chi connectivity index (χ1n) is 7.65. The number of thiazole rings is 1. The molecule has 0 unspecified atom stereocenters. The third-order valence-corrected chi connectivity index (χ3v) is 4.88. The van der Waals surface area contributed by atoms with Gasteiger partial charge in [0.1, 0.15) is 0 Å². The third-order valence-electron chi connectivity index (χ3n) is 4.06. The molecule has 2 aromatic rings. The van der Waals surface area contributed by atoms with Crippen molar-refractivity contribution in [2.24, 2.45) is 0 Å². The van der Waals surface area contributed by atoms with Gasteiger partial charge in [0.2, 0.25) is 0 Å². The van der Waals surface area contributed by atoms with Crippen LogP contribution in [0, 0.1) is 13.8 Å². The van der Waals surface area contributed by atoms with E-state index in [1.54, 1.807) is 11.3 Å². The summed E-state index contributed by atoms with van der Waals surface area (Å²) in [5.41, 5.74) is 3.78. The molecule has 3 rings (SSSR count). The zero-order valence-electron chi connectivity index (χ0n) is 12.8. The van der Waals surface area contributed by atoms with Crippen molar-refractivity contribution in [1.82, 2.24) is 9.88 Å². The molecule has 4 heteroatoms. The van der Waals surface area contributed by atoms with Gasteiger partial charge in [-0.25, -0.2) is 4.98 Å². The van der Waals surface area contributed by atoms with Crippen LogP contribution in [0.1, 0.15) is 29.1 Å². The van der Waals surface area contributed by atoms with Gasteiger partial charge >= 0.3 is 0 Å². The van der Waals surface area contributed by atoms with Gasteiger partial charge < -0.3 is 5.32 Å². The van der Waals surface area contributed by atoms with Gasteiger partial charge in [-0.05, 0) is 38.8 Å². The second-order valence-corrected chi connectivity index (χ2v) is 6.98. The molecule has 0 aliphatic carbocycles. The maximum absolute atomic E-state index is 4.56. The Kier molecular flexibility index (Phi) is 4.56. The van der Waals surface area contributed by atoms with Crippen LogP contribution in [0.5, 0.6) is 0 Å². The molecule has 1 fully saturated rings. The number of likely N-dealkylation sites (tertiary alicyclic amines) is 1. The van der Waals surface area contributed by atoms with Crippen LogP contribution in [0.4, 0.5) is 5.69 Å². The molecule has 1 aliphatic rings. The van der Waals surface area contributed by atoms with E-state index in [-0.39, 0.29) is 0 Å². The van der Waals surface area contributed by atoms with E-state index in [1.807, 2.05) is 0 Å². The van der Waals surface area contributed by atoms with Crippen molar-refractivity contribution < 1.29 is 0 Å². The quantitative estimate of drug-likeness (QED) is 0.930. The van der Waals surface area contributed by atoms with Crippen LogP contribution >= 0.6 is 11.3 Å². The Morgan fingerprint density at radius 2 is 1.90 bits per heavy atom. The number of piperidine rings is 1. The monoisotopic (exact) mass is 301 g/mol. The second kappa shape index (κ2) is 6.58. The first-order valence-corrected chi connectivity index (χ1v) is 8.53. The molecule has 1 aromatic carbocycles. The Morgan fingerprint density at radius 3 is 2.52 bits per heavy atom. The summed E-state index contributed by atoms with van der Waals surface area (Å²) >= 11 is 1.75. The number of rotatable bonds is 4. The fourth-order valence-corrected chi connectivity index (χ4v) is 3.43. The molecule has 0 saturated carbocycles. The topological polar surface area (TPSA) is 28.2 Å². The van der Waals surface area contributed by atoms with Crippen LogP contribution in [-0.4, -0.2) is 29.0 Å². The molecule has 112 valence electrons. The van der Waals surface area contributed by atoms with Crippen molar-refractivity contribution >= 4 is 17.0 Å². The number of benzene rings is 1. The Bertz CT molecular complexity index is 568. The van der Waals surface area contributed by atoms with Crippen molar-refractivity contribution in [3.63, 3.8) is 0 Å². The lowest BCUT2D eigenvalue weighted by molar-refractivity contribution is 0.209. The summed E-state index contributed by atoms with van der Waals surface area (Å²) in [7, 11) is 0. The number of nitrogens with zero attached hydrogens (tertiary/aromatic N) is 2. The molecule has 0 atom stereocenters. The number of aryl methyl sites for hydroxylation is 2. The minimum Gasteiger partial charge on any atom is -0.382 e. The Balaban J connectivity index is 1.47. The molecule has 1 saturated heterocycles. The SMILES string of the molecule is Cc1ccc(NC2CCN(Cc3csc(C)n3)CC2)cc1. The Hall–Kier alpha value is -1.39. The van der Waals surface area contributed by atoms with Crippen LogP contribution in [0.25, 0.3) is 0 Å². The van der Waals surface area contributed by atoms with Crippen LogP contribution in [-0.2, 0) is 6.54 Å². The summed E-state index contributed by atoms with van der Waals surface area (Å²) in [6.45, 7) is 7.51. The van der Waals surface area contributed by atoms with E-state index in [4.69, 9.17) is 0 Å². The predicted octanol–water partition coefficient (Wildman–Crippen LogP) is 3.84. The van der Waals surface area contributed by atoms with Crippen LogP contribution < -0.4 is 5.32 Å². The second-order valence-electron chi connectivity index (χ2n) is 5.92. The van der Waals surface area contributed by atoms with E-state index in [1.165, 1.54) is 34.8 Å². The maximum atomic E-state index is 4.56. The zero-order valence-corrected chi connectivity index (χ0v) is 13.6. The molecule has 1 N–H and O–H groups in total. The molecule has 0 amide bonds. The van der Waals surface area contributed by atoms with E-state index in [2.05, 4.69) is 58.7 Å². The molecule has 21 heavy (non-hydrogen) atoms. The van der Waals surface area contributed by atoms with Crippen molar-refractivity contribution in [3.05, 3.63) is 45.9 Å². The fraction of sp³-hybridized carbons (Fsp3) is 0.471. The first-order chi connectivity index (χ1) is 10.2. The molecule has 1 aromatic heterocycles. The summed E-state index contributed by atoms with van der Waals surface area (Å²) in [5, 5.41) is 7.01. The highest BCUT2D eigenvalue weighted by molar-refractivity contribution is 7.09. The maximum Gasteiger partial charge on any atom is 0.0897 e. The number of aromatic nitrogens is 1. The largest absolute Gasteiger partial charge is 0.382 e.